The molecule has 0 radical (unpaired) electrons. The largest absolute Gasteiger partial charge is 0.490 e. The van der Waals surface area contributed by atoms with E-state index in [-0.39, 0.29) is 77.5 Å². The van der Waals surface area contributed by atoms with Crippen LogP contribution in [0.1, 0.15) is 42.5 Å². The predicted octanol–water partition coefficient (Wildman–Crippen LogP) is 4.84. The maximum atomic E-state index is 13.7. The Labute approximate surface area is 283 Å². The van der Waals surface area contributed by atoms with E-state index in [9.17, 15) is 24.0 Å². The van der Waals surface area contributed by atoms with Crippen molar-refractivity contribution in [1.82, 2.24) is 9.88 Å². The molecule has 2 aliphatic carbocycles. The second kappa shape index (κ2) is 12.7. The molecule has 2 bridgehead atoms. The van der Waals surface area contributed by atoms with Crippen molar-refractivity contribution in [3.63, 3.8) is 0 Å². The Morgan fingerprint density at radius 1 is 1.04 bits per heavy atom. The number of carboxylic acids is 1. The fraction of sp³-hybridized carbons (Fsp3) is 0.424. The lowest BCUT2D eigenvalue weighted by Gasteiger charge is -2.43. The number of benzene rings is 2. The van der Waals surface area contributed by atoms with Crippen molar-refractivity contribution in [2.24, 2.45) is 29.6 Å². The van der Waals surface area contributed by atoms with Crippen LogP contribution in [0.2, 0.25) is 5.02 Å². The summed E-state index contributed by atoms with van der Waals surface area (Å²) in [6.45, 7) is 2.07. The Balaban J connectivity index is 1.16. The third kappa shape index (κ3) is 5.72. The topological polar surface area (TPSA) is 155 Å². The van der Waals surface area contributed by atoms with E-state index in [1.54, 1.807) is 42.1 Å². The number of imide groups is 1. The van der Waals surface area contributed by atoms with E-state index >= 15 is 0 Å². The van der Waals surface area contributed by atoms with E-state index in [1.165, 1.54) is 16.2 Å². The summed E-state index contributed by atoms with van der Waals surface area (Å²) in [4.78, 5) is 68.6. The van der Waals surface area contributed by atoms with Gasteiger partial charge in [-0.2, -0.15) is 0 Å². The Kier molecular flexibility index (Phi) is 8.56. The van der Waals surface area contributed by atoms with Crippen LogP contribution in [0.4, 0.5) is 5.69 Å². The first-order valence-electron chi connectivity index (χ1n) is 15.6. The van der Waals surface area contributed by atoms with Gasteiger partial charge in [0, 0.05) is 39.7 Å². The number of thioether (sulfide) groups is 1. The number of thiazole rings is 1. The average molecular weight is 698 g/mol. The number of carbonyl (C=O) groups excluding carboxylic acids is 3. The Bertz CT molecular complexity index is 1810. The minimum Gasteiger partial charge on any atom is -0.490 e. The molecular weight excluding hydrogens is 666 g/mol. The van der Waals surface area contributed by atoms with Crippen LogP contribution in [-0.4, -0.2) is 63.7 Å². The zero-order valence-corrected chi connectivity index (χ0v) is 27.7. The summed E-state index contributed by atoms with van der Waals surface area (Å²) in [6, 6.07) is 12.3. The number of aromatic nitrogens is 1. The average Bonchev–Trinajstić information content (AvgIpc) is 3.77. The van der Waals surface area contributed by atoms with Gasteiger partial charge in [0.1, 0.15) is 0 Å². The third-order valence-electron chi connectivity index (χ3n) is 9.70. The number of ether oxygens (including phenoxy) is 2. The third-order valence-corrected chi connectivity index (χ3v) is 12.5. The minimum absolute atomic E-state index is 0.00711. The van der Waals surface area contributed by atoms with Crippen molar-refractivity contribution in [2.45, 2.75) is 42.4 Å². The van der Waals surface area contributed by atoms with E-state index in [4.69, 9.17) is 26.2 Å². The molecule has 4 aliphatic rings. The second-order valence-corrected chi connectivity index (χ2v) is 14.9. The van der Waals surface area contributed by atoms with Crippen LogP contribution in [0, 0.1) is 29.6 Å². The van der Waals surface area contributed by atoms with Gasteiger partial charge >= 0.3 is 10.8 Å². The maximum absolute atomic E-state index is 13.7. The standard InChI is InChI=1S/C33H32ClN3O8S2/c1-2-44-21-12-15(5-10-20(21)45-14-22(38)35-17-8-6-16(34)7-9-17)24-25-18-13-19(28(25)46-30-29(24)47-33(43)36-30)27-26(18)31(41)37(32(27)42)11-3-4-23(39)40/h5-10,12,18-19,24-28H,2-4,11,13-14H2,1H3,(H,35,38)(H,36,43)(H,39,40)/t18?,19?,24-,25?,26?,27?,28?/m1/s1. The van der Waals surface area contributed by atoms with E-state index in [2.05, 4.69) is 10.3 Å². The summed E-state index contributed by atoms with van der Waals surface area (Å²) in [5, 5.41) is 13.2. The number of anilines is 1. The molecule has 3 aromatic rings. The molecule has 3 heterocycles. The van der Waals surface area contributed by atoms with Crippen molar-refractivity contribution in [3.8, 4) is 11.5 Å². The highest BCUT2D eigenvalue weighted by atomic mass is 35.5. The zero-order valence-electron chi connectivity index (χ0n) is 25.3. The van der Waals surface area contributed by atoms with Gasteiger partial charge in [0.2, 0.25) is 11.8 Å². The molecule has 2 aromatic carbocycles. The molecule has 2 aliphatic heterocycles. The first kappa shape index (κ1) is 31.8. The number of nitrogens with zero attached hydrogens (tertiary/aromatic N) is 1. The van der Waals surface area contributed by atoms with Crippen LogP contribution < -0.4 is 19.7 Å². The van der Waals surface area contributed by atoms with E-state index in [0.29, 0.717) is 28.8 Å². The van der Waals surface area contributed by atoms with Crippen molar-refractivity contribution in [2.75, 3.05) is 25.1 Å². The molecular formula is C33H32ClN3O8S2. The molecule has 47 heavy (non-hydrogen) atoms. The number of aromatic amines is 1. The quantitative estimate of drug-likeness (QED) is 0.239. The lowest BCUT2D eigenvalue weighted by molar-refractivity contribution is -0.142. The van der Waals surface area contributed by atoms with Gasteiger partial charge in [-0.1, -0.05) is 29.0 Å². The number of hydrogen-bond donors (Lipinski definition) is 3. The zero-order chi connectivity index (χ0) is 33.0. The van der Waals surface area contributed by atoms with Gasteiger partial charge in [0.05, 0.1) is 23.5 Å². The van der Waals surface area contributed by atoms with Crippen molar-refractivity contribution < 1.29 is 33.8 Å². The van der Waals surface area contributed by atoms with Crippen molar-refractivity contribution in [1.29, 1.82) is 0 Å². The lowest BCUT2D eigenvalue weighted by atomic mass is 9.68. The number of H-pyrrole nitrogens is 1. The van der Waals surface area contributed by atoms with Gasteiger partial charge < -0.3 is 24.9 Å². The molecule has 2 saturated carbocycles. The number of likely N-dealkylation sites (tertiary alicyclic amines) is 1. The fourth-order valence-corrected chi connectivity index (χ4v) is 11.1. The highest BCUT2D eigenvalue weighted by molar-refractivity contribution is 8.00. The highest BCUT2D eigenvalue weighted by Crippen LogP contribution is 2.68. The maximum Gasteiger partial charge on any atom is 0.305 e. The van der Waals surface area contributed by atoms with Crippen LogP contribution in [-0.2, 0) is 19.2 Å². The van der Waals surface area contributed by atoms with Gasteiger partial charge in [-0.15, -0.1) is 11.8 Å². The van der Waals surface area contributed by atoms with E-state index in [0.717, 1.165) is 21.9 Å². The molecule has 11 nitrogen and oxygen atoms in total. The molecule has 246 valence electrons. The van der Waals surface area contributed by atoms with Crippen LogP contribution in [0.15, 0.2) is 52.3 Å². The van der Waals surface area contributed by atoms with Crippen molar-refractivity contribution in [3.05, 3.63) is 67.6 Å². The lowest BCUT2D eigenvalue weighted by Crippen LogP contribution is -2.42. The van der Waals surface area contributed by atoms with Gasteiger partial charge in [-0.05, 0) is 79.5 Å². The Morgan fingerprint density at radius 2 is 1.79 bits per heavy atom. The summed E-state index contributed by atoms with van der Waals surface area (Å²) in [5.74, 6) is -2.06. The van der Waals surface area contributed by atoms with E-state index in [1.807, 2.05) is 19.1 Å². The number of halogens is 1. The number of rotatable bonds is 11. The fourth-order valence-electron chi connectivity index (χ4n) is 8.04. The van der Waals surface area contributed by atoms with E-state index < -0.39 is 17.8 Å². The molecule has 6 unspecified atom stereocenters. The number of aliphatic carboxylic acids is 1. The van der Waals surface area contributed by atoms with Crippen LogP contribution in [0.5, 0.6) is 11.5 Å². The summed E-state index contributed by atoms with van der Waals surface area (Å²) in [6.07, 6.45) is 0.864. The first-order valence-corrected chi connectivity index (χ1v) is 17.6. The SMILES string of the molecule is CCOc1cc([C@H]2c3sc(=O)[nH]c3SC3C4CC(C5C(=O)N(CCCC(=O)O)C(=O)C45)C32)ccc1OCC(=O)Nc1ccc(Cl)cc1. The van der Waals surface area contributed by atoms with Crippen molar-refractivity contribution >= 4 is 64.1 Å². The molecule has 14 heteroatoms. The molecule has 7 atom stereocenters. The highest BCUT2D eigenvalue weighted by Gasteiger charge is 2.69. The summed E-state index contributed by atoms with van der Waals surface area (Å²) in [7, 11) is 0. The Morgan fingerprint density at radius 3 is 2.51 bits per heavy atom. The first-order chi connectivity index (χ1) is 22.6. The molecule has 0 spiro atoms. The number of amides is 3. The number of carbonyl (C=O) groups is 4. The molecule has 1 aromatic heterocycles. The molecule has 7 rings (SSSR count). The summed E-state index contributed by atoms with van der Waals surface area (Å²) in [5.41, 5.74) is 1.49. The van der Waals surface area contributed by atoms with Gasteiger partial charge in [0.15, 0.2) is 18.1 Å². The predicted molar refractivity (Wildman–Crippen MR) is 175 cm³/mol. The summed E-state index contributed by atoms with van der Waals surface area (Å²) >= 11 is 8.70. The summed E-state index contributed by atoms with van der Waals surface area (Å²) < 4.78 is 11.9. The smallest absolute Gasteiger partial charge is 0.305 e. The van der Waals surface area contributed by atoms with Gasteiger partial charge in [-0.25, -0.2) is 0 Å². The molecule has 3 N–H and O–H groups in total. The normalized spacial score (nSPS) is 26.9. The minimum atomic E-state index is -0.959. The number of carboxylic acid groups (broad SMARTS) is 1. The molecule has 1 saturated heterocycles. The van der Waals surface area contributed by atoms with Crippen LogP contribution in [0.3, 0.4) is 0 Å². The van der Waals surface area contributed by atoms with Crippen LogP contribution in [0.25, 0.3) is 0 Å². The molecule has 3 amide bonds. The number of fused-ring (bicyclic) bond motifs is 9. The second-order valence-electron chi connectivity index (χ2n) is 12.3. The monoisotopic (exact) mass is 697 g/mol. The number of hydrogen-bond acceptors (Lipinski definition) is 9. The number of nitrogens with one attached hydrogen (secondary N) is 2. The Hall–Kier alpha value is -3.81. The molecule has 3 fully saturated rings. The van der Waals surface area contributed by atoms with Crippen LogP contribution >= 0.6 is 34.7 Å². The van der Waals surface area contributed by atoms with Gasteiger partial charge in [-0.3, -0.25) is 28.9 Å². The van der Waals surface area contributed by atoms with Gasteiger partial charge in [0.25, 0.3) is 5.91 Å².